The third kappa shape index (κ3) is 4.36. The number of benzene rings is 1. The fraction of sp³-hybridized carbons (Fsp3) is 0.154. The van der Waals surface area contributed by atoms with Crippen LogP contribution in [0.2, 0.25) is 10.0 Å². The van der Waals surface area contributed by atoms with E-state index in [-0.39, 0.29) is 27.4 Å². The van der Waals surface area contributed by atoms with Gasteiger partial charge in [-0.3, -0.25) is 4.79 Å². The summed E-state index contributed by atoms with van der Waals surface area (Å²) in [6.07, 6.45) is 0. The Morgan fingerprint density at radius 2 is 1.95 bits per heavy atom. The summed E-state index contributed by atoms with van der Waals surface area (Å²) in [7, 11) is -3.96. The number of hydrogen-bond donors (Lipinski definition) is 1. The van der Waals surface area contributed by atoms with Gasteiger partial charge in [-0.1, -0.05) is 23.2 Å². The zero-order valence-electron chi connectivity index (χ0n) is 11.3. The van der Waals surface area contributed by atoms with Crippen molar-refractivity contribution in [2.75, 3.05) is 0 Å². The average Bonchev–Trinajstić information content (AvgIpc) is 2.90. The van der Waals surface area contributed by atoms with E-state index in [0.717, 1.165) is 11.3 Å². The van der Waals surface area contributed by atoms with Crippen LogP contribution < -0.4 is 9.50 Å². The van der Waals surface area contributed by atoms with E-state index in [9.17, 15) is 13.2 Å². The van der Waals surface area contributed by atoms with Gasteiger partial charge in [0.1, 0.15) is 5.75 Å². The molecule has 0 bridgehead atoms. The minimum absolute atomic E-state index is 0.0407. The minimum Gasteiger partial charge on any atom is -0.378 e. The first-order valence-corrected chi connectivity index (χ1v) is 8.99. The van der Waals surface area contributed by atoms with E-state index >= 15 is 0 Å². The molecule has 0 spiro atoms. The van der Waals surface area contributed by atoms with E-state index in [1.807, 2.05) is 0 Å². The molecule has 0 saturated carbocycles. The molecular formula is C13H11Cl2NO4S2. The van der Waals surface area contributed by atoms with Crippen molar-refractivity contribution < 1.29 is 17.4 Å². The minimum atomic E-state index is -3.96. The summed E-state index contributed by atoms with van der Waals surface area (Å²) in [6.45, 7) is 1.65. The summed E-state index contributed by atoms with van der Waals surface area (Å²) in [5, 5.41) is 3.10. The second-order valence-electron chi connectivity index (χ2n) is 4.24. The lowest BCUT2D eigenvalue weighted by atomic mass is 10.3. The molecule has 0 unspecified atom stereocenters. The van der Waals surface area contributed by atoms with E-state index in [1.165, 1.54) is 31.2 Å². The first-order valence-electron chi connectivity index (χ1n) is 6.00. The molecule has 0 aliphatic rings. The van der Waals surface area contributed by atoms with Crippen LogP contribution in [-0.4, -0.2) is 14.3 Å². The van der Waals surface area contributed by atoms with Crippen molar-refractivity contribution in [2.45, 2.75) is 17.7 Å². The van der Waals surface area contributed by atoms with Crippen LogP contribution in [0.3, 0.4) is 0 Å². The van der Waals surface area contributed by atoms with Gasteiger partial charge in [0, 0.05) is 17.9 Å². The average molecular weight is 380 g/mol. The topological polar surface area (TPSA) is 72.5 Å². The summed E-state index contributed by atoms with van der Waals surface area (Å²) >= 11 is 12.6. The Labute approximate surface area is 141 Å². The van der Waals surface area contributed by atoms with Crippen LogP contribution in [0.25, 0.3) is 0 Å². The molecule has 0 atom stereocenters. The molecule has 0 radical (unpaired) electrons. The van der Waals surface area contributed by atoms with Crippen molar-refractivity contribution in [1.82, 2.24) is 5.32 Å². The fourth-order valence-electron chi connectivity index (χ4n) is 1.50. The largest absolute Gasteiger partial charge is 0.378 e. The number of amides is 1. The van der Waals surface area contributed by atoms with Gasteiger partial charge in [-0.05, 0) is 24.3 Å². The van der Waals surface area contributed by atoms with Crippen molar-refractivity contribution in [1.29, 1.82) is 0 Å². The Hall–Kier alpha value is -1.28. The molecule has 1 amide bonds. The van der Waals surface area contributed by atoms with Crippen molar-refractivity contribution >= 4 is 50.6 Å². The molecular weight excluding hydrogens is 369 g/mol. The SMILES string of the molecule is CC(=O)NCc1ccc(S(=O)(=O)Oc2ccc(Cl)c(Cl)c2)s1. The highest BCUT2D eigenvalue weighted by Gasteiger charge is 2.20. The van der Waals surface area contributed by atoms with Crippen molar-refractivity contribution in [2.24, 2.45) is 0 Å². The lowest BCUT2D eigenvalue weighted by Crippen LogP contribution is -2.18. The fourth-order valence-corrected chi connectivity index (χ4v) is 3.96. The van der Waals surface area contributed by atoms with Crippen LogP contribution in [0.5, 0.6) is 5.75 Å². The number of carbonyl (C=O) groups excluding carboxylic acids is 1. The molecule has 0 aliphatic heterocycles. The molecule has 1 heterocycles. The van der Waals surface area contributed by atoms with Crippen LogP contribution in [0.1, 0.15) is 11.8 Å². The molecule has 1 N–H and O–H groups in total. The number of rotatable bonds is 5. The quantitative estimate of drug-likeness (QED) is 0.807. The normalized spacial score (nSPS) is 11.2. The molecule has 118 valence electrons. The van der Waals surface area contributed by atoms with Gasteiger partial charge in [0.15, 0.2) is 4.21 Å². The zero-order chi connectivity index (χ0) is 16.3. The van der Waals surface area contributed by atoms with E-state index in [4.69, 9.17) is 27.4 Å². The monoisotopic (exact) mass is 379 g/mol. The highest BCUT2D eigenvalue weighted by Crippen LogP contribution is 2.29. The number of hydrogen-bond acceptors (Lipinski definition) is 5. The number of carbonyl (C=O) groups is 1. The Bertz CT molecular complexity index is 802. The highest BCUT2D eigenvalue weighted by atomic mass is 35.5. The number of halogens is 2. The molecule has 0 saturated heterocycles. The van der Waals surface area contributed by atoms with Gasteiger partial charge in [0.25, 0.3) is 0 Å². The van der Waals surface area contributed by atoms with Crippen LogP contribution in [0.4, 0.5) is 0 Å². The molecule has 0 fully saturated rings. The second-order valence-corrected chi connectivity index (χ2v) is 8.00. The first-order chi connectivity index (χ1) is 10.3. The van der Waals surface area contributed by atoms with Gasteiger partial charge in [0.05, 0.1) is 16.6 Å². The van der Waals surface area contributed by atoms with Gasteiger partial charge >= 0.3 is 10.1 Å². The summed E-state index contributed by atoms with van der Waals surface area (Å²) < 4.78 is 29.4. The summed E-state index contributed by atoms with van der Waals surface area (Å²) in [5.41, 5.74) is 0. The van der Waals surface area contributed by atoms with E-state index < -0.39 is 10.1 Å². The third-order valence-electron chi connectivity index (χ3n) is 2.49. The molecule has 0 aliphatic carbocycles. The Kier molecular flexibility index (Phi) is 5.33. The Morgan fingerprint density at radius 1 is 1.23 bits per heavy atom. The maximum absolute atomic E-state index is 12.2. The standard InChI is InChI=1S/C13H11Cl2NO4S2/c1-8(17)16-7-10-3-5-13(21-10)22(18,19)20-9-2-4-11(14)12(15)6-9/h2-6H,7H2,1H3,(H,16,17). The van der Waals surface area contributed by atoms with Gasteiger partial charge < -0.3 is 9.50 Å². The summed E-state index contributed by atoms with van der Waals surface area (Å²) in [5.74, 6) is -0.115. The molecule has 5 nitrogen and oxygen atoms in total. The number of nitrogens with one attached hydrogen (secondary N) is 1. The third-order valence-corrected chi connectivity index (χ3v) is 6.01. The first kappa shape index (κ1) is 17.1. The lowest BCUT2D eigenvalue weighted by Gasteiger charge is -2.06. The van der Waals surface area contributed by atoms with Crippen LogP contribution in [0.15, 0.2) is 34.5 Å². The van der Waals surface area contributed by atoms with Gasteiger partial charge in [-0.15, -0.1) is 11.3 Å². The molecule has 2 aromatic rings. The second kappa shape index (κ2) is 6.87. The molecule has 1 aromatic carbocycles. The maximum Gasteiger partial charge on any atom is 0.348 e. The highest BCUT2D eigenvalue weighted by molar-refractivity contribution is 7.89. The van der Waals surface area contributed by atoms with Gasteiger partial charge in [-0.2, -0.15) is 8.42 Å². The lowest BCUT2D eigenvalue weighted by molar-refractivity contribution is -0.119. The molecule has 2 rings (SSSR count). The van der Waals surface area contributed by atoms with Crippen molar-refractivity contribution in [3.63, 3.8) is 0 Å². The van der Waals surface area contributed by atoms with Crippen molar-refractivity contribution in [3.05, 3.63) is 45.3 Å². The smallest absolute Gasteiger partial charge is 0.348 e. The predicted octanol–water partition coefficient (Wildman–Crippen LogP) is 3.46. The van der Waals surface area contributed by atoms with E-state index in [0.29, 0.717) is 9.90 Å². The van der Waals surface area contributed by atoms with Crippen LogP contribution >= 0.6 is 34.5 Å². The summed E-state index contributed by atoms with van der Waals surface area (Å²) in [6, 6.07) is 7.23. The Morgan fingerprint density at radius 3 is 2.59 bits per heavy atom. The van der Waals surface area contributed by atoms with E-state index in [1.54, 1.807) is 6.07 Å². The van der Waals surface area contributed by atoms with Crippen LogP contribution in [-0.2, 0) is 21.5 Å². The van der Waals surface area contributed by atoms with Gasteiger partial charge in [0.2, 0.25) is 5.91 Å². The van der Waals surface area contributed by atoms with Crippen molar-refractivity contribution in [3.8, 4) is 5.75 Å². The molecule has 1 aromatic heterocycles. The predicted molar refractivity (Wildman–Crippen MR) is 86.1 cm³/mol. The van der Waals surface area contributed by atoms with Crippen LogP contribution in [0, 0.1) is 0 Å². The number of thiophene rings is 1. The van der Waals surface area contributed by atoms with Gasteiger partial charge in [-0.25, -0.2) is 0 Å². The maximum atomic E-state index is 12.2. The Balaban J connectivity index is 2.16. The molecule has 9 heteroatoms. The molecule has 22 heavy (non-hydrogen) atoms. The van der Waals surface area contributed by atoms with E-state index in [2.05, 4.69) is 5.32 Å². The summed E-state index contributed by atoms with van der Waals surface area (Å²) in [4.78, 5) is 11.5. The zero-order valence-corrected chi connectivity index (χ0v) is 14.4.